The van der Waals surface area contributed by atoms with Crippen LogP contribution in [0.4, 0.5) is 5.13 Å². The number of hydrogen-bond acceptors (Lipinski definition) is 11. The Morgan fingerprint density at radius 1 is 1.31 bits per heavy atom. The zero-order chi connectivity index (χ0) is 26.0. The molecule has 0 fully saturated rings. The molecule has 1 amide bonds. The Kier molecular flexibility index (Phi) is 11.3. The Balaban J connectivity index is 2.12. The Hall–Kier alpha value is -2.84. The molecule has 0 aliphatic carbocycles. The van der Waals surface area contributed by atoms with E-state index < -0.39 is 30.7 Å². The van der Waals surface area contributed by atoms with Gasteiger partial charge in [0.05, 0.1) is 6.04 Å². The number of Topliss-reactive ketones (excluding diaryl/α,β-unsaturated/α-hetero) is 1. The number of nitrogens with zero attached hydrogens (tertiary/aromatic N) is 2. The van der Waals surface area contributed by atoms with Gasteiger partial charge < -0.3 is 36.8 Å². The lowest BCUT2D eigenvalue weighted by Crippen LogP contribution is -2.35. The van der Waals surface area contributed by atoms with Gasteiger partial charge in [-0.15, -0.1) is 11.3 Å². The molecule has 2 atom stereocenters. The number of oxime groups is 1. The second-order valence-corrected chi connectivity index (χ2v) is 8.99. The summed E-state index contributed by atoms with van der Waals surface area (Å²) in [7, 11) is -0.542. The molecule has 1 aromatic carbocycles. The molecule has 0 radical (unpaired) electrons. The highest BCUT2D eigenvalue weighted by atomic mass is 32.1. The Labute approximate surface area is 208 Å². The number of carbonyl (C=O) groups excluding carboxylic acids is 2. The molecule has 0 aliphatic rings. The number of phenols is 1. The van der Waals surface area contributed by atoms with Crippen molar-refractivity contribution in [1.82, 2.24) is 4.98 Å². The number of phenolic OH excluding ortho intramolecular Hbond substituents is 1. The van der Waals surface area contributed by atoms with E-state index in [9.17, 15) is 24.7 Å². The van der Waals surface area contributed by atoms with Crippen LogP contribution in [0, 0.1) is 6.92 Å². The number of ketones is 1. The van der Waals surface area contributed by atoms with Crippen LogP contribution in [0.5, 0.6) is 5.75 Å². The molecule has 1 heterocycles. The molecule has 0 aliphatic heterocycles. The molecule has 0 unspecified atom stereocenters. The average Bonchev–Trinajstić information content (AvgIpc) is 3.27. The molecule has 2 rings (SSSR count). The molecule has 0 saturated carbocycles. The van der Waals surface area contributed by atoms with Crippen LogP contribution >= 0.6 is 11.3 Å². The van der Waals surface area contributed by atoms with E-state index in [4.69, 9.17) is 16.3 Å². The third-order valence-electron chi connectivity index (χ3n) is 5.40. The highest BCUT2D eigenvalue weighted by Gasteiger charge is 2.30. The molecule has 0 spiro atoms. The normalized spacial score (nSPS) is 13.3. The number of para-hydroxylation sites is 1. The number of nitrogens with one attached hydrogen (secondary N) is 1. The van der Waals surface area contributed by atoms with Crippen molar-refractivity contribution in [3.8, 4) is 5.75 Å². The number of rotatable bonds is 14. The van der Waals surface area contributed by atoms with Gasteiger partial charge in [0.15, 0.2) is 16.6 Å². The summed E-state index contributed by atoms with van der Waals surface area (Å²) in [6.07, 6.45) is 1.74. The topological polar surface area (TPSA) is 193 Å². The third-order valence-corrected chi connectivity index (χ3v) is 6.16. The van der Waals surface area contributed by atoms with E-state index in [0.29, 0.717) is 24.1 Å². The van der Waals surface area contributed by atoms with Crippen molar-refractivity contribution < 1.29 is 29.6 Å². The van der Waals surface area contributed by atoms with Crippen LogP contribution in [0.3, 0.4) is 0 Å². The van der Waals surface area contributed by atoms with Crippen LogP contribution in [-0.4, -0.2) is 64.4 Å². The first-order valence-corrected chi connectivity index (χ1v) is 12.1. The predicted molar refractivity (Wildman–Crippen MR) is 135 cm³/mol. The Bertz CT molecular complexity index is 1030. The summed E-state index contributed by atoms with van der Waals surface area (Å²) in [6.45, 7) is 2.25. The fourth-order valence-electron chi connectivity index (χ4n) is 3.39. The number of unbranched alkanes of at least 4 members (excludes halogenated alkanes) is 1. The first-order chi connectivity index (χ1) is 16.7. The van der Waals surface area contributed by atoms with Crippen LogP contribution in [0.2, 0.25) is 5.82 Å². The quantitative estimate of drug-likeness (QED) is 0.0938. The monoisotopic (exact) mass is 505 g/mol. The molecule has 1 aromatic heterocycles. The van der Waals surface area contributed by atoms with Crippen molar-refractivity contribution >= 4 is 41.0 Å². The van der Waals surface area contributed by atoms with Crippen molar-refractivity contribution in [2.75, 3.05) is 19.0 Å². The summed E-state index contributed by atoms with van der Waals surface area (Å²) >= 11 is 1.09. The number of carbonyl (C=O) groups is 2. The molecular weight excluding hydrogens is 473 g/mol. The second-order valence-electron chi connectivity index (χ2n) is 8.13. The average molecular weight is 505 g/mol. The van der Waals surface area contributed by atoms with Crippen molar-refractivity contribution in [2.45, 2.75) is 50.9 Å². The zero-order valence-corrected chi connectivity index (χ0v) is 20.6. The molecule has 190 valence electrons. The van der Waals surface area contributed by atoms with Gasteiger partial charge in [-0.25, -0.2) is 4.98 Å². The number of anilines is 1. The summed E-state index contributed by atoms with van der Waals surface area (Å²) in [6, 6.07) is 4.40. The van der Waals surface area contributed by atoms with E-state index in [1.54, 1.807) is 25.1 Å². The van der Waals surface area contributed by atoms with Crippen LogP contribution < -0.4 is 16.8 Å². The summed E-state index contributed by atoms with van der Waals surface area (Å²) in [5.41, 5.74) is 12.5. The maximum Gasteiger partial charge on any atom is 0.455 e. The van der Waals surface area contributed by atoms with Crippen LogP contribution in [0.25, 0.3) is 0 Å². The Morgan fingerprint density at radius 2 is 2.06 bits per heavy atom. The highest BCUT2D eigenvalue weighted by molar-refractivity contribution is 7.14. The molecule has 11 nitrogen and oxygen atoms in total. The summed E-state index contributed by atoms with van der Waals surface area (Å²) in [5.74, 6) is -1.82. The van der Waals surface area contributed by atoms with Gasteiger partial charge in [-0.3, -0.25) is 9.59 Å². The number of aryl methyl sites for hydroxylation is 1. The van der Waals surface area contributed by atoms with Gasteiger partial charge >= 0.3 is 7.12 Å². The fourth-order valence-corrected chi connectivity index (χ4v) is 4.09. The van der Waals surface area contributed by atoms with E-state index in [0.717, 1.165) is 24.2 Å². The van der Waals surface area contributed by atoms with Crippen molar-refractivity contribution in [3.63, 3.8) is 0 Å². The third kappa shape index (κ3) is 8.40. The van der Waals surface area contributed by atoms with E-state index in [1.807, 2.05) is 0 Å². The van der Waals surface area contributed by atoms with Gasteiger partial charge in [0.25, 0.3) is 0 Å². The minimum absolute atomic E-state index is 0.0394. The molecule has 2 aromatic rings. The first-order valence-electron chi connectivity index (χ1n) is 11.2. The van der Waals surface area contributed by atoms with Crippen LogP contribution in [0.15, 0.2) is 28.7 Å². The predicted octanol–water partition coefficient (Wildman–Crippen LogP) is 0.947. The van der Waals surface area contributed by atoms with Gasteiger partial charge in [-0.2, -0.15) is 0 Å². The standard InChI is InChI=1S/C22H32BN5O6S/c1-13-6-5-7-14(20(13)30)10-15(23(32)33)11-18(29)19(28-34-2)17-12-35-22(26-17)27-21(31)16(25)8-3-4-9-24/h5-7,12,15-16,30,32-33H,3-4,8-11,24-25H2,1-2H3,(H,26,27,31)/b28-19-/t15-,16+/m1/s1. The number of thiazole rings is 1. The molecule has 0 bridgehead atoms. The molecular formula is C22H32BN5O6S. The lowest BCUT2D eigenvalue weighted by Gasteiger charge is -2.16. The van der Waals surface area contributed by atoms with Crippen molar-refractivity contribution in [2.24, 2.45) is 16.6 Å². The number of nitrogens with two attached hydrogens (primary N) is 2. The van der Waals surface area contributed by atoms with Crippen LogP contribution in [-0.2, 0) is 20.8 Å². The molecule has 35 heavy (non-hydrogen) atoms. The molecule has 8 N–H and O–H groups in total. The van der Waals surface area contributed by atoms with Gasteiger partial charge in [0.1, 0.15) is 18.6 Å². The smallest absolute Gasteiger partial charge is 0.455 e. The van der Waals surface area contributed by atoms with E-state index in [-0.39, 0.29) is 35.1 Å². The largest absolute Gasteiger partial charge is 0.507 e. The fraction of sp³-hybridized carbons (Fsp3) is 0.455. The van der Waals surface area contributed by atoms with Gasteiger partial charge in [-0.1, -0.05) is 29.8 Å². The lowest BCUT2D eigenvalue weighted by atomic mass is 9.66. The first kappa shape index (κ1) is 28.4. The van der Waals surface area contributed by atoms with Gasteiger partial charge in [-0.05, 0) is 43.9 Å². The number of aromatic nitrogens is 1. The van der Waals surface area contributed by atoms with Crippen LogP contribution in [0.1, 0.15) is 42.5 Å². The maximum absolute atomic E-state index is 13.0. The highest BCUT2D eigenvalue weighted by Crippen LogP contribution is 2.29. The van der Waals surface area contributed by atoms with E-state index in [1.165, 1.54) is 12.5 Å². The van der Waals surface area contributed by atoms with Gasteiger partial charge in [0, 0.05) is 17.6 Å². The van der Waals surface area contributed by atoms with Gasteiger partial charge in [0.2, 0.25) is 5.91 Å². The summed E-state index contributed by atoms with van der Waals surface area (Å²) in [4.78, 5) is 34.4. The molecule has 13 heteroatoms. The number of aromatic hydroxyl groups is 1. The zero-order valence-electron chi connectivity index (χ0n) is 19.8. The van der Waals surface area contributed by atoms with Crippen molar-refractivity contribution in [3.05, 3.63) is 40.4 Å². The lowest BCUT2D eigenvalue weighted by molar-refractivity contribution is -0.117. The number of hydrogen-bond donors (Lipinski definition) is 6. The second kappa shape index (κ2) is 13.9. The Morgan fingerprint density at radius 3 is 2.71 bits per heavy atom. The number of benzene rings is 1. The maximum atomic E-state index is 13.0. The van der Waals surface area contributed by atoms with E-state index in [2.05, 4.69) is 15.5 Å². The number of amides is 1. The summed E-state index contributed by atoms with van der Waals surface area (Å²) < 4.78 is 0. The molecule has 0 saturated heterocycles. The van der Waals surface area contributed by atoms with E-state index >= 15 is 0 Å². The SMILES string of the molecule is CO/N=C(\C(=O)C[C@@H](Cc1cccc(C)c1O)B(O)O)c1csc(NC(=O)[C@@H](N)CCCCN)n1. The summed E-state index contributed by atoms with van der Waals surface area (Å²) in [5, 5.41) is 38.2. The minimum Gasteiger partial charge on any atom is -0.507 e. The van der Waals surface area contributed by atoms with Crippen molar-refractivity contribution in [1.29, 1.82) is 0 Å². The minimum atomic E-state index is -1.81.